The van der Waals surface area contributed by atoms with Crippen LogP contribution < -0.4 is 5.32 Å². The molecule has 0 aliphatic rings. The Labute approximate surface area is 185 Å². The highest BCUT2D eigenvalue weighted by atomic mass is 35.5. The highest BCUT2D eigenvalue weighted by Gasteiger charge is 2.27. The fourth-order valence-electron chi connectivity index (χ4n) is 4.02. The van der Waals surface area contributed by atoms with Crippen molar-refractivity contribution in [3.05, 3.63) is 119 Å². The van der Waals surface area contributed by atoms with Crippen LogP contribution in [0.15, 0.2) is 103 Å². The van der Waals surface area contributed by atoms with Gasteiger partial charge in [-0.15, -0.1) is 0 Å². The van der Waals surface area contributed by atoms with Crippen molar-refractivity contribution < 1.29 is 5.21 Å². The Morgan fingerprint density at radius 2 is 1.61 bits per heavy atom. The number of anilines is 1. The molecule has 2 heterocycles. The summed E-state index contributed by atoms with van der Waals surface area (Å²) < 4.78 is 1.28. The number of rotatable bonds is 5. The molecular weight excluding hydrogens is 406 g/mol. The minimum atomic E-state index is -0.290. The van der Waals surface area contributed by atoms with Crippen molar-refractivity contribution in [2.75, 3.05) is 5.32 Å². The molecule has 5 heteroatoms. The fraction of sp³-hybridized carbons (Fsp3) is 0.0385. The Kier molecular flexibility index (Phi) is 5.06. The number of nitrogens with zero attached hydrogens (tertiary/aromatic N) is 2. The zero-order valence-electron chi connectivity index (χ0n) is 16.6. The van der Waals surface area contributed by atoms with E-state index in [1.807, 2.05) is 97.1 Å². The summed E-state index contributed by atoms with van der Waals surface area (Å²) in [5.74, 6) is 0.737. The van der Waals surface area contributed by atoms with Crippen LogP contribution in [-0.2, 0) is 0 Å². The Morgan fingerprint density at radius 3 is 2.39 bits per heavy atom. The van der Waals surface area contributed by atoms with E-state index in [1.165, 1.54) is 4.73 Å². The van der Waals surface area contributed by atoms with Gasteiger partial charge in [-0.2, -0.15) is 4.73 Å². The Morgan fingerprint density at radius 1 is 0.839 bits per heavy atom. The summed E-state index contributed by atoms with van der Waals surface area (Å²) in [5.41, 5.74) is 4.33. The van der Waals surface area contributed by atoms with Gasteiger partial charge in [0, 0.05) is 27.7 Å². The minimum absolute atomic E-state index is 0.290. The summed E-state index contributed by atoms with van der Waals surface area (Å²) in [6.07, 6.45) is 1.75. The number of hydrogen-bond donors (Lipinski definition) is 2. The number of pyridine rings is 1. The van der Waals surface area contributed by atoms with Crippen LogP contribution in [0.2, 0.25) is 5.02 Å². The molecule has 3 aromatic carbocycles. The van der Waals surface area contributed by atoms with E-state index in [2.05, 4.69) is 10.3 Å². The first kappa shape index (κ1) is 19.2. The van der Waals surface area contributed by atoms with Crippen LogP contribution in [0.4, 0.5) is 5.82 Å². The van der Waals surface area contributed by atoms with Gasteiger partial charge in [-0.25, -0.2) is 4.98 Å². The molecule has 0 saturated carbocycles. The zero-order chi connectivity index (χ0) is 21.2. The molecule has 0 aliphatic heterocycles. The van der Waals surface area contributed by atoms with Crippen molar-refractivity contribution in [1.82, 2.24) is 9.71 Å². The fourth-order valence-corrected chi connectivity index (χ4v) is 4.22. The zero-order valence-corrected chi connectivity index (χ0v) is 17.4. The van der Waals surface area contributed by atoms with Crippen molar-refractivity contribution in [2.45, 2.75) is 6.04 Å². The second-order valence-corrected chi connectivity index (χ2v) is 7.74. The third kappa shape index (κ3) is 3.62. The first-order valence-corrected chi connectivity index (χ1v) is 10.4. The molecule has 0 saturated heterocycles. The molecule has 152 valence electrons. The van der Waals surface area contributed by atoms with Gasteiger partial charge in [0.2, 0.25) is 0 Å². The van der Waals surface area contributed by atoms with Crippen LogP contribution in [0, 0.1) is 0 Å². The number of aromatic nitrogens is 2. The van der Waals surface area contributed by atoms with E-state index >= 15 is 0 Å². The molecule has 31 heavy (non-hydrogen) atoms. The summed E-state index contributed by atoms with van der Waals surface area (Å²) in [6, 6.07) is 31.0. The lowest BCUT2D eigenvalue weighted by atomic mass is 9.93. The average Bonchev–Trinajstić information content (AvgIpc) is 3.11. The molecule has 0 amide bonds. The van der Waals surface area contributed by atoms with Gasteiger partial charge in [0.05, 0.1) is 17.3 Å². The molecule has 0 fully saturated rings. The Hall–Kier alpha value is -3.76. The monoisotopic (exact) mass is 425 g/mol. The second-order valence-electron chi connectivity index (χ2n) is 7.30. The molecule has 1 atom stereocenters. The van der Waals surface area contributed by atoms with Crippen LogP contribution in [0.3, 0.4) is 0 Å². The van der Waals surface area contributed by atoms with Gasteiger partial charge >= 0.3 is 0 Å². The third-order valence-electron chi connectivity index (χ3n) is 5.36. The van der Waals surface area contributed by atoms with Gasteiger partial charge in [-0.1, -0.05) is 78.3 Å². The molecule has 0 unspecified atom stereocenters. The maximum atomic E-state index is 11.2. The normalized spacial score (nSPS) is 12.0. The molecule has 0 aliphatic carbocycles. The highest BCUT2D eigenvalue weighted by molar-refractivity contribution is 6.30. The van der Waals surface area contributed by atoms with Crippen molar-refractivity contribution in [3.63, 3.8) is 0 Å². The van der Waals surface area contributed by atoms with Gasteiger partial charge in [0.1, 0.15) is 5.82 Å². The maximum absolute atomic E-state index is 11.2. The smallest absolute Gasteiger partial charge is 0.126 e. The second kappa shape index (κ2) is 8.17. The number of fused-ring (bicyclic) bond motifs is 1. The van der Waals surface area contributed by atoms with Crippen LogP contribution in [0.5, 0.6) is 0 Å². The van der Waals surface area contributed by atoms with E-state index in [4.69, 9.17) is 11.6 Å². The maximum Gasteiger partial charge on any atom is 0.126 e. The quantitative estimate of drug-likeness (QED) is 0.304. The van der Waals surface area contributed by atoms with E-state index < -0.39 is 0 Å². The van der Waals surface area contributed by atoms with E-state index in [0.29, 0.717) is 5.02 Å². The van der Waals surface area contributed by atoms with Crippen LogP contribution in [0.1, 0.15) is 17.2 Å². The predicted octanol–water partition coefficient (Wildman–Crippen LogP) is 6.80. The molecule has 2 aromatic heterocycles. The summed E-state index contributed by atoms with van der Waals surface area (Å²) in [6.45, 7) is 0. The summed E-state index contributed by atoms with van der Waals surface area (Å²) in [7, 11) is 0. The molecule has 5 aromatic rings. The molecule has 4 nitrogen and oxygen atoms in total. The van der Waals surface area contributed by atoms with Gasteiger partial charge in [-0.3, -0.25) is 0 Å². The molecule has 2 N–H and O–H groups in total. The number of halogens is 1. The highest BCUT2D eigenvalue weighted by Crippen LogP contribution is 2.41. The average molecular weight is 426 g/mol. The van der Waals surface area contributed by atoms with Crippen LogP contribution >= 0.6 is 11.6 Å². The number of benzene rings is 3. The Bertz CT molecular complexity index is 1330. The van der Waals surface area contributed by atoms with Crippen LogP contribution in [-0.4, -0.2) is 14.9 Å². The van der Waals surface area contributed by atoms with Gasteiger partial charge in [0.15, 0.2) is 0 Å². The summed E-state index contributed by atoms with van der Waals surface area (Å²) >= 11 is 6.36. The Balaban J connectivity index is 1.80. The predicted molar refractivity (Wildman–Crippen MR) is 126 cm³/mol. The van der Waals surface area contributed by atoms with E-state index in [9.17, 15) is 5.21 Å². The summed E-state index contributed by atoms with van der Waals surface area (Å²) in [5, 5.41) is 16.4. The van der Waals surface area contributed by atoms with Crippen molar-refractivity contribution in [3.8, 4) is 11.3 Å². The molecule has 0 spiro atoms. The van der Waals surface area contributed by atoms with Crippen LogP contribution in [0.25, 0.3) is 22.2 Å². The largest absolute Gasteiger partial charge is 0.428 e. The van der Waals surface area contributed by atoms with E-state index in [0.717, 1.165) is 39.1 Å². The molecular formula is C26H20ClN3O. The number of hydrogen-bond acceptors (Lipinski definition) is 3. The van der Waals surface area contributed by atoms with Crippen molar-refractivity contribution in [2.24, 2.45) is 0 Å². The topological polar surface area (TPSA) is 50.1 Å². The van der Waals surface area contributed by atoms with Gasteiger partial charge < -0.3 is 10.5 Å². The van der Waals surface area contributed by atoms with Crippen molar-refractivity contribution in [1.29, 1.82) is 0 Å². The third-order valence-corrected chi connectivity index (χ3v) is 5.60. The standard InChI is InChI=1S/C26H20ClN3O/c27-20-12-8-11-19(17-20)25(29-23-15-6-7-16-28-23)24-21-13-4-5-14-22(21)30(31)26(24)18-9-2-1-3-10-18/h1-17,25,31H,(H,28,29)/t25-/m1/s1. The van der Waals surface area contributed by atoms with Gasteiger partial charge in [-0.05, 0) is 35.9 Å². The first-order chi connectivity index (χ1) is 15.2. The molecule has 0 bridgehead atoms. The van der Waals surface area contributed by atoms with Crippen molar-refractivity contribution >= 4 is 28.3 Å². The number of nitrogens with one attached hydrogen (secondary N) is 1. The molecule has 5 rings (SSSR count). The van der Waals surface area contributed by atoms with Gasteiger partial charge in [0.25, 0.3) is 0 Å². The lowest BCUT2D eigenvalue weighted by molar-refractivity contribution is 0.204. The minimum Gasteiger partial charge on any atom is -0.428 e. The first-order valence-electron chi connectivity index (χ1n) is 10.0. The van der Waals surface area contributed by atoms with E-state index in [1.54, 1.807) is 6.20 Å². The number of para-hydroxylation sites is 1. The van der Waals surface area contributed by atoms with E-state index in [-0.39, 0.29) is 6.04 Å². The summed E-state index contributed by atoms with van der Waals surface area (Å²) in [4.78, 5) is 4.47. The lowest BCUT2D eigenvalue weighted by Gasteiger charge is -2.22. The SMILES string of the molecule is On1c(-c2ccccc2)c([C@H](Nc2ccccn2)c2cccc(Cl)c2)c2ccccc21. The lowest BCUT2D eigenvalue weighted by Crippen LogP contribution is -2.14. The molecule has 0 radical (unpaired) electrons.